The van der Waals surface area contributed by atoms with E-state index in [1.165, 1.54) is 12.3 Å². The molecule has 9 heteroatoms. The molecular formula is C27H31N3O6. The first-order valence-electron chi connectivity index (χ1n) is 11.8. The molecule has 1 aromatic heterocycles. The minimum Gasteiger partial charge on any atom is -0.492 e. The van der Waals surface area contributed by atoms with Crippen molar-refractivity contribution >= 4 is 29.1 Å². The van der Waals surface area contributed by atoms with Crippen molar-refractivity contribution in [1.29, 1.82) is 0 Å². The van der Waals surface area contributed by atoms with E-state index < -0.39 is 17.9 Å². The van der Waals surface area contributed by atoms with Gasteiger partial charge in [-0.05, 0) is 44.0 Å². The number of rotatable bonds is 11. The van der Waals surface area contributed by atoms with Gasteiger partial charge < -0.3 is 29.8 Å². The highest BCUT2D eigenvalue weighted by molar-refractivity contribution is 6.06. The van der Waals surface area contributed by atoms with Crippen LogP contribution in [0.5, 0.6) is 11.5 Å². The van der Waals surface area contributed by atoms with Crippen molar-refractivity contribution in [1.82, 2.24) is 5.32 Å². The first-order chi connectivity index (χ1) is 17.3. The molecule has 0 bridgehead atoms. The van der Waals surface area contributed by atoms with Crippen LogP contribution < -0.4 is 25.4 Å². The first kappa shape index (κ1) is 26.3. The van der Waals surface area contributed by atoms with Crippen LogP contribution in [0, 0.1) is 5.92 Å². The van der Waals surface area contributed by atoms with Gasteiger partial charge in [-0.15, -0.1) is 0 Å². The number of amides is 3. The molecule has 3 amide bonds. The summed E-state index contributed by atoms with van der Waals surface area (Å²) in [6, 6.07) is 14.3. The summed E-state index contributed by atoms with van der Waals surface area (Å²) in [4.78, 5) is 38.4. The van der Waals surface area contributed by atoms with Crippen LogP contribution in [0.2, 0.25) is 0 Å². The van der Waals surface area contributed by atoms with Crippen LogP contribution in [-0.2, 0) is 4.79 Å². The number of hydrogen-bond acceptors (Lipinski definition) is 6. The molecule has 0 saturated carbocycles. The Labute approximate surface area is 210 Å². The summed E-state index contributed by atoms with van der Waals surface area (Å²) in [7, 11) is 0. The zero-order valence-electron chi connectivity index (χ0n) is 20.8. The number of anilines is 2. The summed E-state index contributed by atoms with van der Waals surface area (Å²) in [5, 5.41) is 8.40. The number of nitrogens with one attached hydrogen (secondary N) is 3. The van der Waals surface area contributed by atoms with Gasteiger partial charge in [0, 0.05) is 17.7 Å². The topological polar surface area (TPSA) is 119 Å². The number of furan rings is 1. The predicted molar refractivity (Wildman–Crippen MR) is 137 cm³/mol. The van der Waals surface area contributed by atoms with Gasteiger partial charge in [-0.25, -0.2) is 0 Å². The highest BCUT2D eigenvalue weighted by atomic mass is 16.5. The molecule has 0 saturated heterocycles. The smallest absolute Gasteiger partial charge is 0.287 e. The third kappa shape index (κ3) is 6.65. The fraction of sp³-hybridized carbons (Fsp3) is 0.296. The molecule has 36 heavy (non-hydrogen) atoms. The molecule has 0 spiro atoms. The zero-order valence-corrected chi connectivity index (χ0v) is 20.8. The highest BCUT2D eigenvalue weighted by Crippen LogP contribution is 2.37. The molecule has 0 aliphatic carbocycles. The van der Waals surface area contributed by atoms with Crippen molar-refractivity contribution in [3.63, 3.8) is 0 Å². The standard InChI is InChI=1S/C27H31N3O6/c1-5-34-22-16-20(29-27(33)24(17(3)4)30-26(32)21-13-10-14-36-21)23(35-6-2)15-19(22)28-25(31)18-11-8-7-9-12-18/h7-17,24H,5-6H2,1-4H3,(H,28,31)(H,29,33)(H,30,32). The van der Waals surface area contributed by atoms with E-state index in [-0.39, 0.29) is 17.6 Å². The van der Waals surface area contributed by atoms with Crippen molar-refractivity contribution in [2.24, 2.45) is 5.92 Å². The number of benzene rings is 2. The molecule has 0 radical (unpaired) electrons. The van der Waals surface area contributed by atoms with Gasteiger partial charge in [-0.2, -0.15) is 0 Å². The summed E-state index contributed by atoms with van der Waals surface area (Å²) in [6.07, 6.45) is 1.39. The quantitative estimate of drug-likeness (QED) is 0.356. The van der Waals surface area contributed by atoms with Crippen LogP contribution in [0.25, 0.3) is 0 Å². The van der Waals surface area contributed by atoms with E-state index in [2.05, 4.69) is 16.0 Å². The third-order valence-electron chi connectivity index (χ3n) is 5.20. The highest BCUT2D eigenvalue weighted by Gasteiger charge is 2.27. The van der Waals surface area contributed by atoms with E-state index in [0.29, 0.717) is 41.7 Å². The van der Waals surface area contributed by atoms with Crippen molar-refractivity contribution < 1.29 is 28.3 Å². The summed E-state index contributed by atoms with van der Waals surface area (Å²) < 4.78 is 16.6. The minimum atomic E-state index is -0.843. The van der Waals surface area contributed by atoms with Crippen LogP contribution in [-0.4, -0.2) is 37.0 Å². The molecule has 1 atom stereocenters. The molecule has 9 nitrogen and oxygen atoms in total. The predicted octanol–water partition coefficient (Wildman–Crippen LogP) is 4.72. The van der Waals surface area contributed by atoms with E-state index >= 15 is 0 Å². The Morgan fingerprint density at radius 2 is 1.44 bits per heavy atom. The van der Waals surface area contributed by atoms with Gasteiger partial charge in [0.05, 0.1) is 30.9 Å². The average molecular weight is 494 g/mol. The second kappa shape index (κ2) is 12.4. The van der Waals surface area contributed by atoms with Crippen molar-refractivity contribution in [2.45, 2.75) is 33.7 Å². The lowest BCUT2D eigenvalue weighted by atomic mass is 10.0. The molecular weight excluding hydrogens is 462 g/mol. The monoisotopic (exact) mass is 493 g/mol. The van der Waals surface area contributed by atoms with Gasteiger partial charge in [0.15, 0.2) is 5.76 Å². The van der Waals surface area contributed by atoms with Crippen LogP contribution >= 0.6 is 0 Å². The van der Waals surface area contributed by atoms with Gasteiger partial charge in [-0.3, -0.25) is 14.4 Å². The molecule has 3 N–H and O–H groups in total. The first-order valence-corrected chi connectivity index (χ1v) is 11.8. The Morgan fingerprint density at radius 3 is 1.97 bits per heavy atom. The molecule has 1 heterocycles. The van der Waals surface area contributed by atoms with E-state index in [1.54, 1.807) is 42.5 Å². The van der Waals surface area contributed by atoms with Crippen molar-refractivity contribution in [2.75, 3.05) is 23.8 Å². The summed E-state index contributed by atoms with van der Waals surface area (Å²) >= 11 is 0. The summed E-state index contributed by atoms with van der Waals surface area (Å²) in [6.45, 7) is 7.93. The minimum absolute atomic E-state index is 0.112. The fourth-order valence-corrected chi connectivity index (χ4v) is 3.45. The van der Waals surface area contributed by atoms with Crippen molar-refractivity contribution in [3.8, 4) is 11.5 Å². The number of hydrogen-bond donors (Lipinski definition) is 3. The van der Waals surface area contributed by atoms with E-state index in [4.69, 9.17) is 13.9 Å². The number of ether oxygens (including phenoxy) is 2. The van der Waals surface area contributed by atoms with Gasteiger partial charge in [0.2, 0.25) is 5.91 Å². The second-order valence-electron chi connectivity index (χ2n) is 8.19. The summed E-state index contributed by atoms with van der Waals surface area (Å²) in [5.74, 6) is -0.631. The molecule has 190 valence electrons. The molecule has 0 fully saturated rings. The van der Waals surface area contributed by atoms with Crippen LogP contribution in [0.3, 0.4) is 0 Å². The van der Waals surface area contributed by atoms with Crippen LogP contribution in [0.1, 0.15) is 48.6 Å². The zero-order chi connectivity index (χ0) is 26.1. The Kier molecular flexibility index (Phi) is 9.10. The Morgan fingerprint density at radius 1 is 0.833 bits per heavy atom. The maximum atomic E-state index is 13.2. The Balaban J connectivity index is 1.87. The SMILES string of the molecule is CCOc1cc(NC(=O)C(NC(=O)c2ccco2)C(C)C)c(OCC)cc1NC(=O)c1ccccc1. The number of carbonyl (C=O) groups excluding carboxylic acids is 3. The largest absolute Gasteiger partial charge is 0.492 e. The second-order valence-corrected chi connectivity index (χ2v) is 8.19. The molecule has 0 aliphatic heterocycles. The lowest BCUT2D eigenvalue weighted by Crippen LogP contribution is -2.47. The molecule has 1 unspecified atom stereocenters. The summed E-state index contributed by atoms with van der Waals surface area (Å²) in [5.41, 5.74) is 1.24. The average Bonchev–Trinajstić information content (AvgIpc) is 3.40. The normalized spacial score (nSPS) is 11.5. The molecule has 3 aromatic rings. The van der Waals surface area contributed by atoms with Gasteiger partial charge >= 0.3 is 0 Å². The third-order valence-corrected chi connectivity index (χ3v) is 5.20. The lowest BCUT2D eigenvalue weighted by Gasteiger charge is -2.23. The molecule has 3 rings (SSSR count). The van der Waals surface area contributed by atoms with E-state index in [9.17, 15) is 14.4 Å². The fourth-order valence-electron chi connectivity index (χ4n) is 3.45. The van der Waals surface area contributed by atoms with E-state index in [0.717, 1.165) is 0 Å². The van der Waals surface area contributed by atoms with Crippen LogP contribution in [0.15, 0.2) is 65.3 Å². The van der Waals surface area contributed by atoms with Gasteiger partial charge in [-0.1, -0.05) is 32.0 Å². The van der Waals surface area contributed by atoms with Gasteiger partial charge in [0.25, 0.3) is 11.8 Å². The molecule has 2 aromatic carbocycles. The Hall–Kier alpha value is -4.27. The van der Waals surface area contributed by atoms with Crippen molar-refractivity contribution in [3.05, 3.63) is 72.2 Å². The van der Waals surface area contributed by atoms with Crippen LogP contribution in [0.4, 0.5) is 11.4 Å². The molecule has 0 aliphatic rings. The number of carbonyl (C=O) groups is 3. The Bertz CT molecular complexity index is 1180. The van der Waals surface area contributed by atoms with E-state index in [1.807, 2.05) is 33.8 Å². The lowest BCUT2D eigenvalue weighted by molar-refractivity contribution is -0.118. The van der Waals surface area contributed by atoms with Gasteiger partial charge in [0.1, 0.15) is 17.5 Å². The maximum absolute atomic E-state index is 13.2. The maximum Gasteiger partial charge on any atom is 0.287 e.